The SMILES string of the molecule is CC1CSC(=NCc2ccc(C(C)C)cc2)N1. The van der Waals surface area contributed by atoms with Crippen molar-refractivity contribution in [1.29, 1.82) is 0 Å². The number of nitrogens with one attached hydrogen (secondary N) is 1. The summed E-state index contributed by atoms with van der Waals surface area (Å²) < 4.78 is 0. The number of benzene rings is 1. The number of hydrogen-bond donors (Lipinski definition) is 1. The number of hydrogen-bond acceptors (Lipinski definition) is 2. The summed E-state index contributed by atoms with van der Waals surface area (Å²) >= 11 is 1.82. The van der Waals surface area contributed by atoms with E-state index < -0.39 is 0 Å². The second kappa shape index (κ2) is 5.58. The lowest BCUT2D eigenvalue weighted by Crippen LogP contribution is -2.23. The Kier molecular flexibility index (Phi) is 4.11. The van der Waals surface area contributed by atoms with E-state index in [0.717, 1.165) is 17.5 Å². The average molecular weight is 248 g/mol. The van der Waals surface area contributed by atoms with Crippen LogP contribution < -0.4 is 5.32 Å². The van der Waals surface area contributed by atoms with Crippen molar-refractivity contribution in [3.8, 4) is 0 Å². The lowest BCUT2D eigenvalue weighted by molar-refractivity contribution is 0.764. The molecule has 1 aliphatic heterocycles. The van der Waals surface area contributed by atoms with Crippen molar-refractivity contribution in [3.05, 3.63) is 35.4 Å². The van der Waals surface area contributed by atoms with Crippen molar-refractivity contribution in [2.24, 2.45) is 4.99 Å². The summed E-state index contributed by atoms with van der Waals surface area (Å²) in [6.07, 6.45) is 0. The fourth-order valence-corrected chi connectivity index (χ4v) is 2.69. The molecule has 2 nitrogen and oxygen atoms in total. The highest BCUT2D eigenvalue weighted by Crippen LogP contribution is 2.17. The topological polar surface area (TPSA) is 24.4 Å². The lowest BCUT2D eigenvalue weighted by atomic mass is 10.0. The maximum atomic E-state index is 4.59. The molecule has 0 aliphatic carbocycles. The molecule has 1 saturated heterocycles. The monoisotopic (exact) mass is 248 g/mol. The highest BCUT2D eigenvalue weighted by atomic mass is 32.2. The Morgan fingerprint density at radius 1 is 1.35 bits per heavy atom. The van der Waals surface area contributed by atoms with Crippen LogP contribution in [0, 0.1) is 0 Å². The van der Waals surface area contributed by atoms with Crippen LogP contribution in [0.2, 0.25) is 0 Å². The Balaban J connectivity index is 1.95. The lowest BCUT2D eigenvalue weighted by Gasteiger charge is -2.06. The molecule has 1 unspecified atom stereocenters. The van der Waals surface area contributed by atoms with E-state index in [1.165, 1.54) is 11.1 Å². The summed E-state index contributed by atoms with van der Waals surface area (Å²) in [6, 6.07) is 9.34. The second-order valence-electron chi connectivity index (χ2n) is 4.87. The van der Waals surface area contributed by atoms with Crippen molar-refractivity contribution in [1.82, 2.24) is 5.32 Å². The van der Waals surface area contributed by atoms with E-state index in [0.29, 0.717) is 12.0 Å². The number of rotatable bonds is 3. The molecule has 1 aliphatic rings. The zero-order valence-electron chi connectivity index (χ0n) is 10.7. The van der Waals surface area contributed by atoms with Gasteiger partial charge in [0.1, 0.15) is 0 Å². The maximum Gasteiger partial charge on any atom is 0.157 e. The Labute approximate surface area is 108 Å². The number of aliphatic imine (C=N–C) groups is 1. The second-order valence-corrected chi connectivity index (χ2v) is 5.88. The zero-order chi connectivity index (χ0) is 12.3. The quantitative estimate of drug-likeness (QED) is 0.886. The minimum atomic E-state index is 0.557. The van der Waals surface area contributed by atoms with Gasteiger partial charge in [0.25, 0.3) is 0 Å². The predicted molar refractivity (Wildman–Crippen MR) is 76.7 cm³/mol. The first-order chi connectivity index (χ1) is 8.15. The summed E-state index contributed by atoms with van der Waals surface area (Å²) in [5.41, 5.74) is 2.67. The van der Waals surface area contributed by atoms with Crippen LogP contribution in [0.5, 0.6) is 0 Å². The number of amidine groups is 1. The van der Waals surface area contributed by atoms with E-state index in [1.807, 2.05) is 11.8 Å². The molecule has 1 atom stereocenters. The van der Waals surface area contributed by atoms with Gasteiger partial charge in [-0.2, -0.15) is 0 Å². The molecular formula is C14H20N2S. The van der Waals surface area contributed by atoms with Gasteiger partial charge in [0.05, 0.1) is 6.54 Å². The summed E-state index contributed by atoms with van der Waals surface area (Å²) in [6.45, 7) is 7.40. The molecular weight excluding hydrogens is 228 g/mol. The van der Waals surface area contributed by atoms with Crippen LogP contribution in [0.25, 0.3) is 0 Å². The summed E-state index contributed by atoms with van der Waals surface area (Å²) in [5, 5.41) is 4.45. The van der Waals surface area contributed by atoms with E-state index in [1.54, 1.807) is 0 Å². The summed E-state index contributed by atoms with van der Waals surface area (Å²) in [7, 11) is 0. The van der Waals surface area contributed by atoms with Crippen LogP contribution in [0.3, 0.4) is 0 Å². The number of thioether (sulfide) groups is 1. The molecule has 17 heavy (non-hydrogen) atoms. The van der Waals surface area contributed by atoms with Gasteiger partial charge < -0.3 is 5.32 Å². The molecule has 0 spiro atoms. The Bertz CT molecular complexity index is 395. The van der Waals surface area contributed by atoms with Crippen molar-refractivity contribution in [2.45, 2.75) is 39.3 Å². The van der Waals surface area contributed by atoms with E-state index in [-0.39, 0.29) is 0 Å². The van der Waals surface area contributed by atoms with E-state index in [4.69, 9.17) is 0 Å². The highest BCUT2D eigenvalue weighted by molar-refractivity contribution is 8.14. The van der Waals surface area contributed by atoms with Gasteiger partial charge >= 0.3 is 0 Å². The van der Waals surface area contributed by atoms with Gasteiger partial charge in [-0.15, -0.1) is 0 Å². The molecule has 0 aromatic heterocycles. The van der Waals surface area contributed by atoms with Crippen LogP contribution in [-0.2, 0) is 6.54 Å². The van der Waals surface area contributed by atoms with Crippen LogP contribution in [0.4, 0.5) is 0 Å². The first-order valence-electron chi connectivity index (χ1n) is 6.18. The van der Waals surface area contributed by atoms with Crippen molar-refractivity contribution >= 4 is 16.9 Å². The highest BCUT2D eigenvalue weighted by Gasteiger charge is 2.14. The molecule has 1 heterocycles. The third-order valence-corrected chi connectivity index (χ3v) is 4.08. The first-order valence-corrected chi connectivity index (χ1v) is 7.16. The van der Waals surface area contributed by atoms with Gasteiger partial charge in [-0.1, -0.05) is 49.9 Å². The van der Waals surface area contributed by atoms with Crippen molar-refractivity contribution in [3.63, 3.8) is 0 Å². The molecule has 3 heteroatoms. The van der Waals surface area contributed by atoms with Gasteiger partial charge in [0.2, 0.25) is 0 Å². The normalized spacial score (nSPS) is 22.1. The van der Waals surface area contributed by atoms with Gasteiger partial charge in [-0.25, -0.2) is 0 Å². The Morgan fingerprint density at radius 3 is 2.59 bits per heavy atom. The van der Waals surface area contributed by atoms with Gasteiger partial charge in [0, 0.05) is 11.8 Å². The van der Waals surface area contributed by atoms with E-state index in [2.05, 4.69) is 55.3 Å². The zero-order valence-corrected chi connectivity index (χ0v) is 11.6. The molecule has 0 saturated carbocycles. The van der Waals surface area contributed by atoms with Gasteiger partial charge in [0.15, 0.2) is 5.17 Å². The van der Waals surface area contributed by atoms with E-state index >= 15 is 0 Å². The molecule has 0 bridgehead atoms. The third kappa shape index (κ3) is 3.50. The third-order valence-electron chi connectivity index (χ3n) is 2.89. The van der Waals surface area contributed by atoms with Crippen LogP contribution in [0.1, 0.15) is 37.8 Å². The molecule has 0 radical (unpaired) electrons. The predicted octanol–water partition coefficient (Wildman–Crippen LogP) is 3.39. The minimum Gasteiger partial charge on any atom is -0.362 e. The summed E-state index contributed by atoms with van der Waals surface area (Å²) in [5.74, 6) is 1.73. The summed E-state index contributed by atoms with van der Waals surface area (Å²) in [4.78, 5) is 4.59. The fraction of sp³-hybridized carbons (Fsp3) is 0.500. The fourth-order valence-electron chi connectivity index (χ4n) is 1.76. The Hall–Kier alpha value is -0.960. The maximum absolute atomic E-state index is 4.59. The molecule has 1 N–H and O–H groups in total. The van der Waals surface area contributed by atoms with Crippen molar-refractivity contribution < 1.29 is 0 Å². The minimum absolute atomic E-state index is 0.557. The largest absolute Gasteiger partial charge is 0.362 e. The van der Waals surface area contributed by atoms with E-state index in [9.17, 15) is 0 Å². The van der Waals surface area contributed by atoms with Gasteiger partial charge in [-0.05, 0) is 24.0 Å². The van der Waals surface area contributed by atoms with Crippen LogP contribution in [0.15, 0.2) is 29.3 Å². The van der Waals surface area contributed by atoms with Crippen LogP contribution >= 0.6 is 11.8 Å². The average Bonchev–Trinajstić information content (AvgIpc) is 2.73. The Morgan fingerprint density at radius 2 is 2.06 bits per heavy atom. The molecule has 1 aromatic carbocycles. The van der Waals surface area contributed by atoms with Gasteiger partial charge in [-0.3, -0.25) is 4.99 Å². The number of nitrogens with zero attached hydrogens (tertiary/aromatic N) is 1. The first kappa shape index (κ1) is 12.5. The molecule has 92 valence electrons. The standard InChI is InChI=1S/C14H20N2S/c1-10(2)13-6-4-12(5-7-13)8-15-14-16-11(3)9-17-14/h4-7,10-11H,8-9H2,1-3H3,(H,15,16). The van der Waals surface area contributed by atoms with Crippen LogP contribution in [-0.4, -0.2) is 17.0 Å². The molecule has 2 rings (SSSR count). The smallest absolute Gasteiger partial charge is 0.157 e. The molecule has 0 amide bonds. The van der Waals surface area contributed by atoms with Crippen molar-refractivity contribution in [2.75, 3.05) is 5.75 Å². The molecule has 1 fully saturated rings. The molecule has 1 aromatic rings.